The number of nitrogens with zero attached hydrogens (tertiary/aromatic N) is 2. The zero-order valence-corrected chi connectivity index (χ0v) is 10.8. The van der Waals surface area contributed by atoms with Crippen molar-refractivity contribution in [2.45, 2.75) is 19.6 Å². The van der Waals surface area contributed by atoms with Gasteiger partial charge in [0.25, 0.3) is 5.82 Å². The number of amides is 1. The highest BCUT2D eigenvalue weighted by atomic mass is 19.4. The van der Waals surface area contributed by atoms with Crippen molar-refractivity contribution in [2.75, 3.05) is 0 Å². The Kier molecular flexibility index (Phi) is 4.10. The van der Waals surface area contributed by atoms with Gasteiger partial charge in [0.15, 0.2) is 0 Å². The molecular weight excluding hydrogens is 291 g/mol. The van der Waals surface area contributed by atoms with Gasteiger partial charge in [-0.1, -0.05) is 5.16 Å². The lowest BCUT2D eigenvalue weighted by Crippen LogP contribution is -2.20. The minimum atomic E-state index is -4.68. The number of rotatable bonds is 4. The molecule has 2 heterocycles. The molecule has 0 aliphatic rings. The van der Waals surface area contributed by atoms with E-state index in [9.17, 15) is 18.0 Å². The summed E-state index contributed by atoms with van der Waals surface area (Å²) >= 11 is 0. The number of aromatic nitrogens is 2. The molecule has 1 N–H and O–H groups in total. The molecule has 2 rings (SSSR count). The fourth-order valence-electron chi connectivity index (χ4n) is 1.36. The Morgan fingerprint density at radius 3 is 2.76 bits per heavy atom. The van der Waals surface area contributed by atoms with E-state index in [4.69, 9.17) is 4.42 Å². The largest absolute Gasteiger partial charge is 0.462 e. The van der Waals surface area contributed by atoms with Crippen LogP contribution >= 0.6 is 0 Å². The van der Waals surface area contributed by atoms with Crippen molar-refractivity contribution >= 4 is 12.0 Å². The number of hydrogen-bond acceptors (Lipinski definition) is 5. The lowest BCUT2D eigenvalue weighted by atomic mass is 10.4. The Hall–Kier alpha value is -2.58. The van der Waals surface area contributed by atoms with Gasteiger partial charge in [-0.25, -0.2) is 0 Å². The van der Waals surface area contributed by atoms with E-state index in [1.165, 1.54) is 12.2 Å². The third-order valence-electron chi connectivity index (χ3n) is 2.30. The van der Waals surface area contributed by atoms with Crippen molar-refractivity contribution in [3.05, 3.63) is 41.4 Å². The van der Waals surface area contributed by atoms with Gasteiger partial charge in [0.1, 0.15) is 11.5 Å². The lowest BCUT2D eigenvalue weighted by molar-refractivity contribution is -0.146. The summed E-state index contributed by atoms with van der Waals surface area (Å²) in [5.41, 5.74) is 0. The highest BCUT2D eigenvalue weighted by Gasteiger charge is 2.37. The molecule has 0 aliphatic heterocycles. The van der Waals surface area contributed by atoms with Crippen molar-refractivity contribution in [1.29, 1.82) is 0 Å². The number of halogens is 3. The van der Waals surface area contributed by atoms with Gasteiger partial charge in [-0.3, -0.25) is 4.79 Å². The maximum Gasteiger partial charge on any atom is 0.455 e. The first kappa shape index (κ1) is 14.8. The van der Waals surface area contributed by atoms with Gasteiger partial charge < -0.3 is 14.3 Å². The van der Waals surface area contributed by atoms with Gasteiger partial charge in [-0.05, 0) is 25.1 Å². The number of aryl methyl sites for hydroxylation is 1. The molecular formula is C12H10F3N3O3. The van der Waals surface area contributed by atoms with Crippen LogP contribution in [0.5, 0.6) is 0 Å². The molecule has 0 bridgehead atoms. The summed E-state index contributed by atoms with van der Waals surface area (Å²) in [4.78, 5) is 14.6. The summed E-state index contributed by atoms with van der Waals surface area (Å²) in [6.45, 7) is 1.45. The minimum Gasteiger partial charge on any atom is -0.462 e. The van der Waals surface area contributed by atoms with Gasteiger partial charge in [0.2, 0.25) is 11.8 Å². The summed E-state index contributed by atoms with van der Waals surface area (Å²) in [5.74, 6) is -1.07. The van der Waals surface area contributed by atoms with Crippen LogP contribution in [0.3, 0.4) is 0 Å². The molecule has 2 aromatic rings. The molecule has 9 heteroatoms. The number of alkyl halides is 3. The average molecular weight is 301 g/mol. The van der Waals surface area contributed by atoms with Crippen molar-refractivity contribution in [1.82, 2.24) is 15.5 Å². The monoisotopic (exact) mass is 301 g/mol. The van der Waals surface area contributed by atoms with Gasteiger partial charge in [-0.2, -0.15) is 18.2 Å². The van der Waals surface area contributed by atoms with Gasteiger partial charge >= 0.3 is 6.18 Å². The van der Waals surface area contributed by atoms with Crippen LogP contribution in [0.15, 0.2) is 27.1 Å². The number of carbonyl (C=O) groups excluding carboxylic acids is 1. The molecule has 0 aliphatic carbocycles. The first-order chi connectivity index (χ1) is 9.84. The fraction of sp³-hybridized carbons (Fsp3) is 0.250. The molecule has 112 valence electrons. The third-order valence-corrected chi connectivity index (χ3v) is 2.30. The topological polar surface area (TPSA) is 81.2 Å². The van der Waals surface area contributed by atoms with E-state index >= 15 is 0 Å². The Morgan fingerprint density at radius 2 is 2.19 bits per heavy atom. The number of nitrogens with one attached hydrogen (secondary N) is 1. The smallest absolute Gasteiger partial charge is 0.455 e. The Morgan fingerprint density at radius 1 is 1.43 bits per heavy atom. The summed E-state index contributed by atoms with van der Waals surface area (Å²) in [6.07, 6.45) is -2.07. The standard InChI is InChI=1S/C12H10F3N3O3/c1-7-2-3-8(20-7)4-5-9(19)16-6-10-17-11(18-21-10)12(13,14)15/h2-5H,6H2,1H3,(H,16,19)/b5-4+. The Bertz CT molecular complexity index is 658. The van der Waals surface area contributed by atoms with E-state index in [1.807, 2.05) is 0 Å². The lowest BCUT2D eigenvalue weighted by Gasteiger charge is -1.97. The van der Waals surface area contributed by atoms with Crippen molar-refractivity contribution in [3.63, 3.8) is 0 Å². The quantitative estimate of drug-likeness (QED) is 0.876. The second kappa shape index (κ2) is 5.81. The van der Waals surface area contributed by atoms with Crippen LogP contribution in [-0.4, -0.2) is 16.0 Å². The van der Waals surface area contributed by atoms with Crippen molar-refractivity contribution in [3.8, 4) is 0 Å². The summed E-state index contributed by atoms with van der Waals surface area (Å²) in [6, 6.07) is 3.40. The predicted octanol–water partition coefficient (Wildman–Crippen LogP) is 2.32. The Balaban J connectivity index is 1.86. The van der Waals surface area contributed by atoms with Gasteiger partial charge in [-0.15, -0.1) is 0 Å². The molecule has 0 unspecified atom stereocenters. The third kappa shape index (κ3) is 4.20. The van der Waals surface area contributed by atoms with E-state index in [0.29, 0.717) is 11.5 Å². The van der Waals surface area contributed by atoms with Crippen LogP contribution < -0.4 is 5.32 Å². The van der Waals surface area contributed by atoms with Crippen molar-refractivity contribution < 1.29 is 26.9 Å². The zero-order valence-electron chi connectivity index (χ0n) is 10.8. The zero-order chi connectivity index (χ0) is 15.5. The highest BCUT2D eigenvalue weighted by Crippen LogP contribution is 2.26. The van der Waals surface area contributed by atoms with Gasteiger partial charge in [0, 0.05) is 6.08 Å². The molecule has 0 aromatic carbocycles. The minimum absolute atomic E-state index is 0.302. The maximum atomic E-state index is 12.2. The average Bonchev–Trinajstić information content (AvgIpc) is 3.02. The second-order valence-corrected chi connectivity index (χ2v) is 4.01. The second-order valence-electron chi connectivity index (χ2n) is 4.01. The summed E-state index contributed by atoms with van der Waals surface area (Å²) in [7, 11) is 0. The van der Waals surface area contributed by atoms with Crippen LogP contribution in [-0.2, 0) is 17.5 Å². The molecule has 0 fully saturated rings. The van der Waals surface area contributed by atoms with E-state index in [0.717, 1.165) is 0 Å². The van der Waals surface area contributed by atoms with Crippen LogP contribution in [0.25, 0.3) is 6.08 Å². The molecule has 2 aromatic heterocycles. The number of carbonyl (C=O) groups is 1. The van der Waals surface area contributed by atoms with Crippen LogP contribution in [0, 0.1) is 6.92 Å². The first-order valence-electron chi connectivity index (χ1n) is 5.77. The van der Waals surface area contributed by atoms with E-state index in [1.54, 1.807) is 19.1 Å². The molecule has 21 heavy (non-hydrogen) atoms. The van der Waals surface area contributed by atoms with E-state index in [2.05, 4.69) is 20.0 Å². The predicted molar refractivity (Wildman–Crippen MR) is 63.6 cm³/mol. The maximum absolute atomic E-state index is 12.2. The van der Waals surface area contributed by atoms with Crippen LogP contribution in [0.2, 0.25) is 0 Å². The van der Waals surface area contributed by atoms with Crippen LogP contribution in [0.4, 0.5) is 13.2 Å². The highest BCUT2D eigenvalue weighted by molar-refractivity contribution is 5.91. The number of hydrogen-bond donors (Lipinski definition) is 1. The molecule has 0 saturated heterocycles. The van der Waals surface area contributed by atoms with Gasteiger partial charge in [0.05, 0.1) is 6.54 Å². The van der Waals surface area contributed by atoms with Crippen molar-refractivity contribution in [2.24, 2.45) is 0 Å². The first-order valence-corrected chi connectivity index (χ1v) is 5.77. The van der Waals surface area contributed by atoms with Crippen LogP contribution in [0.1, 0.15) is 23.2 Å². The molecule has 0 saturated carbocycles. The number of furan rings is 1. The molecule has 0 spiro atoms. The summed E-state index contributed by atoms with van der Waals surface area (Å²) in [5, 5.41) is 5.08. The Labute approximate surface area is 116 Å². The van der Waals surface area contributed by atoms with E-state index < -0.39 is 17.9 Å². The van der Waals surface area contributed by atoms with E-state index in [-0.39, 0.29) is 12.4 Å². The summed E-state index contributed by atoms with van der Waals surface area (Å²) < 4.78 is 46.2. The molecule has 0 radical (unpaired) electrons. The molecule has 6 nitrogen and oxygen atoms in total. The SMILES string of the molecule is Cc1ccc(/C=C/C(=O)NCc2nc(C(F)(F)F)no2)o1. The molecule has 0 atom stereocenters. The fourth-order valence-corrected chi connectivity index (χ4v) is 1.36. The normalized spacial score (nSPS) is 12.0. The molecule has 1 amide bonds.